The highest BCUT2D eigenvalue weighted by molar-refractivity contribution is 6.36. The third kappa shape index (κ3) is 2.58. The van der Waals surface area contributed by atoms with Gasteiger partial charge in [0.2, 0.25) is 0 Å². The van der Waals surface area contributed by atoms with Crippen LogP contribution in [0.3, 0.4) is 0 Å². The van der Waals surface area contributed by atoms with Gasteiger partial charge in [0.05, 0.1) is 6.04 Å². The van der Waals surface area contributed by atoms with Crippen molar-refractivity contribution in [3.63, 3.8) is 0 Å². The standard InChI is InChI=1S/C17H19Cl2N/c1-9-8-10(2)12(4)15(11(9)3)17(20)16-13(18)6-5-7-14(16)19/h5-8,17H,20H2,1-4H3. The Balaban J connectivity index is 2.69. The Morgan fingerprint density at radius 3 is 1.75 bits per heavy atom. The number of halogens is 2. The third-order valence-corrected chi connectivity index (χ3v) is 4.70. The monoisotopic (exact) mass is 307 g/mol. The van der Waals surface area contributed by atoms with Gasteiger partial charge in [-0.05, 0) is 67.6 Å². The highest BCUT2D eigenvalue weighted by Crippen LogP contribution is 2.36. The lowest BCUT2D eigenvalue weighted by Gasteiger charge is -2.23. The molecule has 0 spiro atoms. The Bertz CT molecular complexity index is 616. The molecule has 1 unspecified atom stereocenters. The minimum Gasteiger partial charge on any atom is -0.320 e. The smallest absolute Gasteiger partial charge is 0.0586 e. The number of hydrogen-bond donors (Lipinski definition) is 1. The highest BCUT2D eigenvalue weighted by atomic mass is 35.5. The van der Waals surface area contributed by atoms with Crippen LogP contribution in [0.5, 0.6) is 0 Å². The first kappa shape index (κ1) is 15.4. The van der Waals surface area contributed by atoms with Gasteiger partial charge in [-0.3, -0.25) is 0 Å². The molecule has 0 aliphatic heterocycles. The predicted molar refractivity (Wildman–Crippen MR) is 87.9 cm³/mol. The largest absolute Gasteiger partial charge is 0.320 e. The number of rotatable bonds is 2. The lowest BCUT2D eigenvalue weighted by molar-refractivity contribution is 0.846. The molecule has 0 heterocycles. The van der Waals surface area contributed by atoms with E-state index in [1.807, 2.05) is 18.2 Å². The van der Waals surface area contributed by atoms with E-state index >= 15 is 0 Å². The summed E-state index contributed by atoms with van der Waals surface area (Å²) < 4.78 is 0. The average Bonchev–Trinajstić information content (AvgIpc) is 2.36. The highest BCUT2D eigenvalue weighted by Gasteiger charge is 2.21. The van der Waals surface area contributed by atoms with Crippen molar-refractivity contribution in [1.82, 2.24) is 0 Å². The number of hydrogen-bond acceptors (Lipinski definition) is 1. The van der Waals surface area contributed by atoms with Gasteiger partial charge >= 0.3 is 0 Å². The van der Waals surface area contributed by atoms with Gasteiger partial charge in [-0.25, -0.2) is 0 Å². The maximum absolute atomic E-state index is 6.49. The normalized spacial score (nSPS) is 12.6. The van der Waals surface area contributed by atoms with E-state index in [4.69, 9.17) is 28.9 Å². The summed E-state index contributed by atoms with van der Waals surface area (Å²) in [6.45, 7) is 8.40. The van der Waals surface area contributed by atoms with Crippen LogP contribution in [0.15, 0.2) is 24.3 Å². The quantitative estimate of drug-likeness (QED) is 0.803. The molecule has 0 amide bonds. The zero-order valence-corrected chi connectivity index (χ0v) is 13.7. The summed E-state index contributed by atoms with van der Waals surface area (Å²) in [5.74, 6) is 0. The maximum atomic E-state index is 6.49. The van der Waals surface area contributed by atoms with Crippen molar-refractivity contribution in [1.29, 1.82) is 0 Å². The van der Waals surface area contributed by atoms with Gasteiger partial charge in [0.1, 0.15) is 0 Å². The molecule has 106 valence electrons. The van der Waals surface area contributed by atoms with Gasteiger partial charge in [-0.1, -0.05) is 35.3 Å². The second-order valence-corrected chi connectivity index (χ2v) is 6.10. The van der Waals surface area contributed by atoms with Gasteiger partial charge < -0.3 is 5.73 Å². The van der Waals surface area contributed by atoms with E-state index in [-0.39, 0.29) is 6.04 Å². The van der Waals surface area contributed by atoms with Crippen LogP contribution in [0.2, 0.25) is 10.0 Å². The molecule has 1 nitrogen and oxygen atoms in total. The summed E-state index contributed by atoms with van der Waals surface area (Å²) in [7, 11) is 0. The molecule has 0 radical (unpaired) electrons. The molecule has 0 saturated heterocycles. The fraction of sp³-hybridized carbons (Fsp3) is 0.294. The second-order valence-electron chi connectivity index (χ2n) is 5.29. The van der Waals surface area contributed by atoms with E-state index < -0.39 is 0 Å². The summed E-state index contributed by atoms with van der Waals surface area (Å²) in [6, 6.07) is 7.37. The molecule has 2 aromatic carbocycles. The molecule has 3 heteroatoms. The number of benzene rings is 2. The van der Waals surface area contributed by atoms with Crippen LogP contribution in [0.25, 0.3) is 0 Å². The summed E-state index contributed by atoms with van der Waals surface area (Å²) in [5, 5.41) is 1.23. The van der Waals surface area contributed by atoms with E-state index in [1.165, 1.54) is 22.3 Å². The zero-order valence-electron chi connectivity index (χ0n) is 12.2. The number of aryl methyl sites for hydroxylation is 2. The fourth-order valence-corrected chi connectivity index (χ4v) is 3.30. The van der Waals surface area contributed by atoms with Gasteiger partial charge in [0, 0.05) is 15.6 Å². The zero-order chi connectivity index (χ0) is 15.0. The van der Waals surface area contributed by atoms with Crippen molar-refractivity contribution in [3.8, 4) is 0 Å². The van der Waals surface area contributed by atoms with Crippen molar-refractivity contribution >= 4 is 23.2 Å². The Labute approximate surface area is 130 Å². The lowest BCUT2D eigenvalue weighted by atomic mass is 9.87. The Morgan fingerprint density at radius 2 is 1.30 bits per heavy atom. The van der Waals surface area contributed by atoms with Crippen molar-refractivity contribution in [2.24, 2.45) is 5.73 Å². The van der Waals surface area contributed by atoms with Crippen LogP contribution in [0, 0.1) is 27.7 Å². The van der Waals surface area contributed by atoms with Crippen molar-refractivity contribution < 1.29 is 0 Å². The summed E-state index contributed by atoms with van der Waals surface area (Å²) in [5.41, 5.74) is 13.3. The lowest BCUT2D eigenvalue weighted by Crippen LogP contribution is -2.17. The molecular weight excluding hydrogens is 289 g/mol. The molecule has 0 bridgehead atoms. The summed E-state index contributed by atoms with van der Waals surface area (Å²) >= 11 is 12.6. The van der Waals surface area contributed by atoms with Crippen LogP contribution in [-0.2, 0) is 0 Å². The summed E-state index contributed by atoms with van der Waals surface area (Å²) in [4.78, 5) is 0. The molecule has 2 aromatic rings. The SMILES string of the molecule is Cc1cc(C)c(C)c(C(N)c2c(Cl)cccc2Cl)c1C. The Kier molecular flexibility index (Phi) is 4.43. The molecule has 1 atom stereocenters. The van der Waals surface area contributed by atoms with E-state index in [1.54, 1.807) is 0 Å². The van der Waals surface area contributed by atoms with Gasteiger partial charge in [0.25, 0.3) is 0 Å². The molecule has 2 rings (SSSR count). The van der Waals surface area contributed by atoms with Crippen LogP contribution in [0.1, 0.15) is 39.4 Å². The van der Waals surface area contributed by atoms with E-state index in [2.05, 4.69) is 33.8 Å². The van der Waals surface area contributed by atoms with Gasteiger partial charge in [-0.2, -0.15) is 0 Å². The number of nitrogens with two attached hydrogens (primary N) is 1. The van der Waals surface area contributed by atoms with Gasteiger partial charge in [0.15, 0.2) is 0 Å². The molecular formula is C17H19Cl2N. The summed E-state index contributed by atoms with van der Waals surface area (Å²) in [6.07, 6.45) is 0. The molecule has 0 saturated carbocycles. The van der Waals surface area contributed by atoms with E-state index in [0.717, 1.165) is 11.1 Å². The Morgan fingerprint density at radius 1 is 0.850 bits per heavy atom. The topological polar surface area (TPSA) is 26.0 Å². The van der Waals surface area contributed by atoms with Crippen molar-refractivity contribution in [2.45, 2.75) is 33.7 Å². The average molecular weight is 308 g/mol. The molecule has 0 aliphatic carbocycles. The first-order chi connectivity index (χ1) is 9.34. The van der Waals surface area contributed by atoms with Crippen LogP contribution in [0.4, 0.5) is 0 Å². The maximum Gasteiger partial charge on any atom is 0.0586 e. The van der Waals surface area contributed by atoms with Crippen LogP contribution in [-0.4, -0.2) is 0 Å². The second kappa shape index (κ2) is 5.77. The van der Waals surface area contributed by atoms with E-state index in [0.29, 0.717) is 10.0 Å². The van der Waals surface area contributed by atoms with Gasteiger partial charge in [-0.15, -0.1) is 0 Å². The molecule has 2 N–H and O–H groups in total. The first-order valence-electron chi connectivity index (χ1n) is 6.61. The van der Waals surface area contributed by atoms with E-state index in [9.17, 15) is 0 Å². The third-order valence-electron chi connectivity index (χ3n) is 4.05. The van der Waals surface area contributed by atoms with Crippen LogP contribution < -0.4 is 5.73 Å². The Hall–Kier alpha value is -1.02. The molecule has 0 aliphatic rings. The molecule has 0 fully saturated rings. The minimum absolute atomic E-state index is 0.310. The minimum atomic E-state index is -0.310. The predicted octanol–water partition coefficient (Wildman–Crippen LogP) is 5.28. The fourth-order valence-electron chi connectivity index (χ4n) is 2.67. The first-order valence-corrected chi connectivity index (χ1v) is 7.37. The van der Waals surface area contributed by atoms with Crippen LogP contribution >= 0.6 is 23.2 Å². The van der Waals surface area contributed by atoms with Crippen molar-refractivity contribution in [3.05, 3.63) is 67.7 Å². The van der Waals surface area contributed by atoms with Crippen molar-refractivity contribution in [2.75, 3.05) is 0 Å². The molecule has 0 aromatic heterocycles. The molecule has 20 heavy (non-hydrogen) atoms.